The molecule has 1 fully saturated rings. The number of carbonyl (C=O) groups excluding carboxylic acids is 1. The summed E-state index contributed by atoms with van der Waals surface area (Å²) < 4.78 is 39.8. The number of amides is 1. The molecule has 1 atom stereocenters. The predicted octanol–water partition coefficient (Wildman–Crippen LogP) is -0.286. The van der Waals surface area contributed by atoms with Crippen molar-refractivity contribution in [1.82, 2.24) is 5.48 Å². The number of hydrogen-bond acceptors (Lipinski definition) is 4. The third kappa shape index (κ3) is 3.65. The number of nitrogens with two attached hydrogens (primary N) is 1. The van der Waals surface area contributed by atoms with Crippen LogP contribution < -0.4 is 11.2 Å². The third-order valence-electron chi connectivity index (χ3n) is 1.91. The average molecular weight is 228 g/mol. The zero-order chi connectivity index (χ0) is 11.5. The molecule has 0 aromatic carbocycles. The molecular formula is C7H11F3N2O3. The van der Waals surface area contributed by atoms with Crippen LogP contribution in [0.3, 0.4) is 0 Å². The lowest BCUT2D eigenvalue weighted by molar-refractivity contribution is -0.193. The molecule has 1 heterocycles. The van der Waals surface area contributed by atoms with Gasteiger partial charge in [0.15, 0.2) is 6.61 Å². The number of ether oxygens (including phenoxy) is 1. The fourth-order valence-corrected chi connectivity index (χ4v) is 1.04. The summed E-state index contributed by atoms with van der Waals surface area (Å²) in [5.74, 6) is -0.802. The van der Waals surface area contributed by atoms with E-state index in [0.29, 0.717) is 6.61 Å². The molecule has 5 nitrogen and oxygen atoms in total. The number of nitrogens with one attached hydrogen (secondary N) is 1. The molecule has 1 rings (SSSR count). The largest absolute Gasteiger partial charge is 0.414 e. The van der Waals surface area contributed by atoms with E-state index in [4.69, 9.17) is 10.5 Å². The molecule has 0 spiro atoms. The first-order chi connectivity index (χ1) is 6.83. The molecule has 0 bridgehead atoms. The van der Waals surface area contributed by atoms with Gasteiger partial charge in [-0.05, 0) is 0 Å². The van der Waals surface area contributed by atoms with E-state index in [1.807, 2.05) is 0 Å². The maximum absolute atomic E-state index is 11.6. The van der Waals surface area contributed by atoms with E-state index in [2.05, 4.69) is 4.84 Å². The van der Waals surface area contributed by atoms with Gasteiger partial charge in [-0.3, -0.25) is 9.63 Å². The third-order valence-corrected chi connectivity index (χ3v) is 1.91. The molecular weight excluding hydrogens is 217 g/mol. The van der Waals surface area contributed by atoms with Crippen molar-refractivity contribution in [3.8, 4) is 0 Å². The fourth-order valence-electron chi connectivity index (χ4n) is 1.04. The second-order valence-electron chi connectivity index (χ2n) is 3.29. The number of carbonyl (C=O) groups is 1. The van der Waals surface area contributed by atoms with Crippen LogP contribution in [0.1, 0.15) is 6.42 Å². The zero-order valence-corrected chi connectivity index (χ0v) is 7.76. The number of rotatable bonds is 3. The Kier molecular flexibility index (Phi) is 3.53. The Morgan fingerprint density at radius 2 is 2.27 bits per heavy atom. The molecule has 8 heteroatoms. The summed E-state index contributed by atoms with van der Waals surface area (Å²) in [6.45, 7) is -1.26. The quantitative estimate of drug-likeness (QED) is 0.651. The van der Waals surface area contributed by atoms with Crippen molar-refractivity contribution in [2.75, 3.05) is 19.8 Å². The van der Waals surface area contributed by atoms with Gasteiger partial charge >= 0.3 is 6.18 Å². The highest BCUT2D eigenvalue weighted by Crippen LogP contribution is 2.16. The van der Waals surface area contributed by atoms with Crippen LogP contribution in [0.2, 0.25) is 0 Å². The molecule has 3 N–H and O–H groups in total. The topological polar surface area (TPSA) is 73.6 Å². The van der Waals surface area contributed by atoms with E-state index >= 15 is 0 Å². The van der Waals surface area contributed by atoms with E-state index in [9.17, 15) is 18.0 Å². The van der Waals surface area contributed by atoms with E-state index in [1.54, 1.807) is 5.48 Å². The Morgan fingerprint density at radius 1 is 1.60 bits per heavy atom. The van der Waals surface area contributed by atoms with Crippen LogP contribution in [0.5, 0.6) is 0 Å². The smallest absolute Gasteiger partial charge is 0.379 e. The first-order valence-electron chi connectivity index (χ1n) is 4.19. The lowest BCUT2D eigenvalue weighted by atomic mass is 10.0. The SMILES string of the molecule is NC1(C(=O)NOCC(F)(F)F)CCOC1. The Labute approximate surface area is 83.7 Å². The molecule has 15 heavy (non-hydrogen) atoms. The highest BCUT2D eigenvalue weighted by molar-refractivity contribution is 5.85. The first kappa shape index (κ1) is 12.2. The zero-order valence-electron chi connectivity index (χ0n) is 7.76. The molecule has 0 aliphatic carbocycles. The molecule has 1 unspecified atom stereocenters. The second kappa shape index (κ2) is 4.33. The average Bonchev–Trinajstić information content (AvgIpc) is 2.51. The minimum Gasteiger partial charge on any atom is -0.379 e. The summed E-state index contributed by atoms with van der Waals surface area (Å²) in [5.41, 5.74) is 5.93. The van der Waals surface area contributed by atoms with E-state index in [1.165, 1.54) is 0 Å². The number of halogens is 3. The van der Waals surface area contributed by atoms with Gasteiger partial charge in [0.1, 0.15) is 5.54 Å². The van der Waals surface area contributed by atoms with Gasteiger partial charge in [0.05, 0.1) is 6.61 Å². The van der Waals surface area contributed by atoms with Crippen LogP contribution in [0, 0.1) is 0 Å². The minimum absolute atomic E-state index is 0.0196. The minimum atomic E-state index is -4.48. The predicted molar refractivity (Wildman–Crippen MR) is 42.5 cm³/mol. The summed E-state index contributed by atoms with van der Waals surface area (Å²) >= 11 is 0. The molecule has 1 aliphatic rings. The van der Waals surface area contributed by atoms with Crippen LogP contribution in [-0.4, -0.2) is 37.4 Å². The molecule has 0 saturated carbocycles. The Balaban J connectivity index is 2.30. The number of alkyl halides is 3. The van der Waals surface area contributed by atoms with Gasteiger partial charge in [0, 0.05) is 13.0 Å². The van der Waals surface area contributed by atoms with Crippen LogP contribution in [0.25, 0.3) is 0 Å². The number of hydrogen-bond donors (Lipinski definition) is 2. The highest BCUT2D eigenvalue weighted by atomic mass is 19.4. The first-order valence-corrected chi connectivity index (χ1v) is 4.19. The molecule has 0 aromatic heterocycles. The summed E-state index contributed by atoms with van der Waals surface area (Å²) in [6.07, 6.45) is -4.23. The van der Waals surface area contributed by atoms with Gasteiger partial charge < -0.3 is 10.5 Å². The maximum atomic E-state index is 11.6. The summed E-state index contributed by atoms with van der Waals surface area (Å²) in [6, 6.07) is 0. The van der Waals surface area contributed by atoms with Crippen LogP contribution in [0.4, 0.5) is 13.2 Å². The Hall–Kier alpha value is -0.860. The summed E-state index contributed by atoms with van der Waals surface area (Å²) in [7, 11) is 0. The molecule has 0 radical (unpaired) electrons. The van der Waals surface area contributed by atoms with Crippen molar-refractivity contribution in [3.05, 3.63) is 0 Å². The Morgan fingerprint density at radius 3 is 2.73 bits per heavy atom. The van der Waals surface area contributed by atoms with Gasteiger partial charge in [-0.15, -0.1) is 0 Å². The van der Waals surface area contributed by atoms with Gasteiger partial charge in [-0.1, -0.05) is 0 Å². The number of hydroxylamine groups is 1. The van der Waals surface area contributed by atoms with Crippen molar-refractivity contribution in [1.29, 1.82) is 0 Å². The maximum Gasteiger partial charge on any atom is 0.414 e. The molecule has 0 aromatic rings. The molecule has 1 aliphatic heterocycles. The summed E-state index contributed by atoms with van der Waals surface area (Å²) in [4.78, 5) is 15.2. The van der Waals surface area contributed by atoms with Crippen molar-refractivity contribution in [2.45, 2.75) is 18.1 Å². The van der Waals surface area contributed by atoms with Gasteiger partial charge in [-0.25, -0.2) is 5.48 Å². The van der Waals surface area contributed by atoms with Gasteiger partial charge in [0.2, 0.25) is 0 Å². The summed E-state index contributed by atoms with van der Waals surface area (Å²) in [5, 5.41) is 0. The van der Waals surface area contributed by atoms with E-state index in [-0.39, 0.29) is 13.0 Å². The fraction of sp³-hybridized carbons (Fsp3) is 0.857. The van der Waals surface area contributed by atoms with E-state index in [0.717, 1.165) is 0 Å². The monoisotopic (exact) mass is 228 g/mol. The van der Waals surface area contributed by atoms with E-state index < -0.39 is 24.2 Å². The van der Waals surface area contributed by atoms with Crippen LogP contribution in [-0.2, 0) is 14.4 Å². The molecule has 88 valence electrons. The lowest BCUT2D eigenvalue weighted by Gasteiger charge is -2.20. The van der Waals surface area contributed by atoms with Gasteiger partial charge in [-0.2, -0.15) is 13.2 Å². The van der Waals surface area contributed by atoms with Crippen molar-refractivity contribution >= 4 is 5.91 Å². The van der Waals surface area contributed by atoms with Crippen LogP contribution >= 0.6 is 0 Å². The lowest BCUT2D eigenvalue weighted by Crippen LogP contribution is -2.54. The standard InChI is InChI=1S/C7H11F3N2O3/c8-7(9,10)4-15-12-5(13)6(11)1-2-14-3-6/h1-4,11H2,(H,12,13). The van der Waals surface area contributed by atoms with Crippen LogP contribution in [0.15, 0.2) is 0 Å². The Bertz CT molecular complexity index is 238. The van der Waals surface area contributed by atoms with Crippen molar-refractivity contribution in [3.63, 3.8) is 0 Å². The van der Waals surface area contributed by atoms with Crippen molar-refractivity contribution in [2.24, 2.45) is 5.73 Å². The molecule has 1 saturated heterocycles. The molecule has 1 amide bonds. The second-order valence-corrected chi connectivity index (χ2v) is 3.29. The van der Waals surface area contributed by atoms with Gasteiger partial charge in [0.25, 0.3) is 5.91 Å². The van der Waals surface area contributed by atoms with Crippen molar-refractivity contribution < 1.29 is 27.5 Å². The highest BCUT2D eigenvalue weighted by Gasteiger charge is 2.39. The normalized spacial score (nSPS) is 26.7.